The molecule has 1 aromatic heterocycles. The SMILES string of the molecule is COc1ncc(Cl)c(N(CC(=O)O)C(C)C)n1. The number of aliphatic carboxylic acids is 1. The zero-order valence-corrected chi connectivity index (χ0v) is 10.6. The highest BCUT2D eigenvalue weighted by atomic mass is 35.5. The molecule has 0 spiro atoms. The smallest absolute Gasteiger partial charge is 0.323 e. The van der Waals surface area contributed by atoms with E-state index in [1.54, 1.807) is 4.90 Å². The average Bonchev–Trinajstić information content (AvgIpc) is 2.26. The Bertz CT molecular complexity index is 412. The molecule has 1 aromatic rings. The first-order valence-corrected chi connectivity index (χ1v) is 5.38. The van der Waals surface area contributed by atoms with Crippen molar-refractivity contribution in [2.75, 3.05) is 18.6 Å². The van der Waals surface area contributed by atoms with Gasteiger partial charge in [-0.2, -0.15) is 4.98 Å². The van der Waals surface area contributed by atoms with Crippen LogP contribution in [0.3, 0.4) is 0 Å². The predicted molar refractivity (Wildman–Crippen MR) is 63.7 cm³/mol. The van der Waals surface area contributed by atoms with Crippen LogP contribution in [0.5, 0.6) is 6.01 Å². The van der Waals surface area contributed by atoms with Crippen LogP contribution in [-0.4, -0.2) is 40.7 Å². The lowest BCUT2D eigenvalue weighted by molar-refractivity contribution is -0.135. The second kappa shape index (κ2) is 5.67. The van der Waals surface area contributed by atoms with Crippen molar-refractivity contribution in [3.63, 3.8) is 0 Å². The molecule has 0 aromatic carbocycles. The minimum absolute atomic E-state index is 0.0526. The van der Waals surface area contributed by atoms with E-state index in [4.69, 9.17) is 21.4 Å². The van der Waals surface area contributed by atoms with E-state index in [2.05, 4.69) is 9.97 Å². The lowest BCUT2D eigenvalue weighted by Crippen LogP contribution is -2.36. The van der Waals surface area contributed by atoms with Gasteiger partial charge < -0.3 is 14.7 Å². The van der Waals surface area contributed by atoms with Gasteiger partial charge in [-0.3, -0.25) is 4.79 Å². The maximum atomic E-state index is 10.8. The van der Waals surface area contributed by atoms with Crippen LogP contribution in [0.4, 0.5) is 5.82 Å². The number of hydrogen-bond acceptors (Lipinski definition) is 5. The summed E-state index contributed by atoms with van der Waals surface area (Å²) in [6.45, 7) is 3.53. The van der Waals surface area contributed by atoms with Crippen LogP contribution in [0.15, 0.2) is 6.20 Å². The van der Waals surface area contributed by atoms with Crippen molar-refractivity contribution < 1.29 is 14.6 Å². The largest absolute Gasteiger partial charge is 0.480 e. The Morgan fingerprint density at radius 2 is 2.29 bits per heavy atom. The van der Waals surface area contributed by atoms with Gasteiger partial charge in [0.05, 0.1) is 13.3 Å². The summed E-state index contributed by atoms with van der Waals surface area (Å²) in [5.41, 5.74) is 0. The van der Waals surface area contributed by atoms with E-state index in [1.165, 1.54) is 13.3 Å². The van der Waals surface area contributed by atoms with Crippen LogP contribution in [0, 0.1) is 0 Å². The van der Waals surface area contributed by atoms with Crippen molar-refractivity contribution in [2.45, 2.75) is 19.9 Å². The quantitative estimate of drug-likeness (QED) is 0.862. The Kier molecular flexibility index (Phi) is 4.51. The molecule has 0 atom stereocenters. The number of carboxylic acids is 1. The molecule has 0 unspecified atom stereocenters. The molecule has 0 amide bonds. The molecule has 0 aliphatic rings. The second-order valence-electron chi connectivity index (χ2n) is 3.64. The maximum absolute atomic E-state index is 10.8. The van der Waals surface area contributed by atoms with Crippen molar-refractivity contribution >= 4 is 23.4 Å². The molecule has 0 aliphatic carbocycles. The average molecular weight is 260 g/mol. The lowest BCUT2D eigenvalue weighted by Gasteiger charge is -2.26. The van der Waals surface area contributed by atoms with E-state index < -0.39 is 5.97 Å². The molecule has 1 N–H and O–H groups in total. The van der Waals surface area contributed by atoms with Gasteiger partial charge in [0.1, 0.15) is 11.6 Å². The van der Waals surface area contributed by atoms with Crippen LogP contribution in [0.25, 0.3) is 0 Å². The number of carboxylic acid groups (broad SMARTS) is 1. The van der Waals surface area contributed by atoms with Crippen molar-refractivity contribution in [3.8, 4) is 6.01 Å². The number of hydrogen-bond donors (Lipinski definition) is 1. The summed E-state index contributed by atoms with van der Waals surface area (Å²) in [7, 11) is 1.43. The van der Waals surface area contributed by atoms with E-state index in [0.717, 1.165) is 0 Å². The molecule has 0 fully saturated rings. The Morgan fingerprint density at radius 3 is 2.76 bits per heavy atom. The fraction of sp³-hybridized carbons (Fsp3) is 0.500. The van der Waals surface area contributed by atoms with Gasteiger partial charge in [0.15, 0.2) is 5.82 Å². The minimum Gasteiger partial charge on any atom is -0.480 e. The van der Waals surface area contributed by atoms with Crippen LogP contribution < -0.4 is 9.64 Å². The maximum Gasteiger partial charge on any atom is 0.323 e. The third-order valence-electron chi connectivity index (χ3n) is 2.09. The molecule has 0 radical (unpaired) electrons. The lowest BCUT2D eigenvalue weighted by atomic mass is 10.3. The zero-order chi connectivity index (χ0) is 13.0. The topological polar surface area (TPSA) is 75.5 Å². The number of rotatable bonds is 5. The van der Waals surface area contributed by atoms with Gasteiger partial charge in [-0.15, -0.1) is 0 Å². The van der Waals surface area contributed by atoms with Crippen molar-refractivity contribution in [1.29, 1.82) is 0 Å². The van der Waals surface area contributed by atoms with Crippen LogP contribution in [0.1, 0.15) is 13.8 Å². The second-order valence-corrected chi connectivity index (χ2v) is 4.05. The number of aromatic nitrogens is 2. The number of carbonyl (C=O) groups is 1. The normalized spacial score (nSPS) is 10.4. The number of nitrogens with zero attached hydrogens (tertiary/aromatic N) is 3. The summed E-state index contributed by atoms with van der Waals surface area (Å²) < 4.78 is 4.89. The third-order valence-corrected chi connectivity index (χ3v) is 2.35. The Morgan fingerprint density at radius 1 is 1.65 bits per heavy atom. The molecular formula is C10H14ClN3O3. The summed E-state index contributed by atoms with van der Waals surface area (Å²) in [6, 6.07) is 0.101. The van der Waals surface area contributed by atoms with Gasteiger partial charge in [-0.25, -0.2) is 4.98 Å². The van der Waals surface area contributed by atoms with Gasteiger partial charge in [0.2, 0.25) is 0 Å². The molecule has 17 heavy (non-hydrogen) atoms. The van der Waals surface area contributed by atoms with Gasteiger partial charge in [0.25, 0.3) is 0 Å². The standard InChI is InChI=1S/C10H14ClN3O3/c1-6(2)14(5-8(15)16)9-7(11)4-12-10(13-9)17-3/h4,6H,5H2,1-3H3,(H,15,16). The highest BCUT2D eigenvalue weighted by Gasteiger charge is 2.19. The van der Waals surface area contributed by atoms with Crippen LogP contribution >= 0.6 is 11.6 Å². The van der Waals surface area contributed by atoms with Gasteiger partial charge in [-0.05, 0) is 13.8 Å². The Hall–Kier alpha value is -1.56. The molecule has 0 bridgehead atoms. The van der Waals surface area contributed by atoms with Crippen molar-refractivity contribution in [2.24, 2.45) is 0 Å². The molecular weight excluding hydrogens is 246 g/mol. The number of ether oxygens (including phenoxy) is 1. The molecule has 6 nitrogen and oxygen atoms in total. The summed E-state index contributed by atoms with van der Waals surface area (Å²) in [5.74, 6) is -0.594. The number of halogens is 1. The van der Waals surface area contributed by atoms with E-state index >= 15 is 0 Å². The van der Waals surface area contributed by atoms with Crippen LogP contribution in [0.2, 0.25) is 5.02 Å². The molecule has 0 aliphatic heterocycles. The first-order chi connectivity index (χ1) is 7.95. The van der Waals surface area contributed by atoms with E-state index in [-0.39, 0.29) is 18.6 Å². The molecule has 94 valence electrons. The fourth-order valence-corrected chi connectivity index (χ4v) is 1.49. The molecule has 1 heterocycles. The van der Waals surface area contributed by atoms with Gasteiger partial charge in [0, 0.05) is 6.04 Å². The fourth-order valence-electron chi connectivity index (χ4n) is 1.29. The zero-order valence-electron chi connectivity index (χ0n) is 9.85. The van der Waals surface area contributed by atoms with Gasteiger partial charge in [-0.1, -0.05) is 11.6 Å². The highest BCUT2D eigenvalue weighted by molar-refractivity contribution is 6.32. The van der Waals surface area contributed by atoms with E-state index in [1.807, 2.05) is 13.8 Å². The predicted octanol–water partition coefficient (Wildman–Crippen LogP) is 1.44. The first-order valence-electron chi connectivity index (χ1n) is 5.00. The summed E-state index contributed by atoms with van der Waals surface area (Å²) >= 11 is 5.96. The molecule has 7 heteroatoms. The van der Waals surface area contributed by atoms with E-state index in [9.17, 15) is 4.79 Å². The summed E-state index contributed by atoms with van der Waals surface area (Å²) in [4.78, 5) is 20.3. The highest BCUT2D eigenvalue weighted by Crippen LogP contribution is 2.25. The van der Waals surface area contributed by atoms with E-state index in [0.29, 0.717) is 10.8 Å². The first kappa shape index (κ1) is 13.5. The third kappa shape index (κ3) is 3.45. The summed E-state index contributed by atoms with van der Waals surface area (Å²) in [6.07, 6.45) is 1.39. The minimum atomic E-state index is -0.952. The van der Waals surface area contributed by atoms with Crippen molar-refractivity contribution in [3.05, 3.63) is 11.2 Å². The Labute approximate surface area is 104 Å². The van der Waals surface area contributed by atoms with Crippen LogP contribution in [-0.2, 0) is 4.79 Å². The summed E-state index contributed by atoms with van der Waals surface area (Å²) in [5, 5.41) is 9.14. The molecule has 0 saturated heterocycles. The molecule has 0 saturated carbocycles. The number of anilines is 1. The van der Waals surface area contributed by atoms with Crippen molar-refractivity contribution in [1.82, 2.24) is 9.97 Å². The van der Waals surface area contributed by atoms with Gasteiger partial charge >= 0.3 is 12.0 Å². The molecule has 1 rings (SSSR count). The Balaban J connectivity index is 3.12. The monoisotopic (exact) mass is 259 g/mol. The number of methoxy groups -OCH3 is 1.